The van der Waals surface area contributed by atoms with Crippen LogP contribution in [0.2, 0.25) is 0 Å². The number of hydrogen-bond acceptors (Lipinski definition) is 4. The number of carbonyl (C=O) groups is 1. The third-order valence-electron chi connectivity index (χ3n) is 7.32. The third kappa shape index (κ3) is 7.04. The van der Waals surface area contributed by atoms with Crippen LogP contribution in [-0.2, 0) is 9.53 Å². The van der Waals surface area contributed by atoms with E-state index >= 15 is 0 Å². The Morgan fingerprint density at radius 3 is 1.94 bits per heavy atom. The van der Waals surface area contributed by atoms with Crippen molar-refractivity contribution in [1.82, 2.24) is 9.80 Å². The number of rotatable bonds is 8. The largest absolute Gasteiger partial charge is 0.463 e. The maximum atomic E-state index is 11.6. The van der Waals surface area contributed by atoms with Crippen molar-refractivity contribution in [3.8, 4) is 0 Å². The first-order valence-electron chi connectivity index (χ1n) is 12.8. The molecule has 0 saturated carbocycles. The number of nitrogens with zero attached hydrogens (tertiary/aromatic N) is 2. The van der Waals surface area contributed by atoms with Gasteiger partial charge in [0.05, 0.1) is 12.6 Å². The highest BCUT2D eigenvalue weighted by atomic mass is 16.5. The summed E-state index contributed by atoms with van der Waals surface area (Å²) in [5.41, 5.74) is 3.72. The summed E-state index contributed by atoms with van der Waals surface area (Å²) in [4.78, 5) is 16.5. The number of benzene rings is 2. The summed E-state index contributed by atoms with van der Waals surface area (Å²) < 4.78 is 5.02. The molecule has 1 atom stereocenters. The van der Waals surface area contributed by atoms with Crippen LogP contribution >= 0.6 is 0 Å². The second kappa shape index (κ2) is 12.9. The lowest BCUT2D eigenvalue weighted by Gasteiger charge is -2.45. The first kappa shape index (κ1) is 26.2. The van der Waals surface area contributed by atoms with Crippen molar-refractivity contribution >= 4 is 5.97 Å². The molecular weight excluding hydrogens is 420 g/mol. The first-order chi connectivity index (χ1) is 16.4. The van der Waals surface area contributed by atoms with Crippen LogP contribution in [0.5, 0.6) is 0 Å². The Morgan fingerprint density at radius 1 is 0.971 bits per heavy atom. The highest BCUT2D eigenvalue weighted by Crippen LogP contribution is 2.36. The summed E-state index contributed by atoms with van der Waals surface area (Å²) in [5.74, 6) is 2.13. The summed E-state index contributed by atoms with van der Waals surface area (Å²) in [6.07, 6.45) is 2.99. The minimum Gasteiger partial charge on any atom is -0.463 e. The zero-order chi connectivity index (χ0) is 24.5. The van der Waals surface area contributed by atoms with Crippen molar-refractivity contribution in [2.24, 2.45) is 17.8 Å². The van der Waals surface area contributed by atoms with Crippen LogP contribution in [-0.4, -0.2) is 55.6 Å². The Balaban J connectivity index is 0.000000302. The van der Waals surface area contributed by atoms with Gasteiger partial charge in [-0.3, -0.25) is 4.90 Å². The van der Waals surface area contributed by atoms with Gasteiger partial charge < -0.3 is 9.64 Å². The molecule has 0 bridgehead atoms. The van der Waals surface area contributed by atoms with E-state index in [9.17, 15) is 4.79 Å². The molecule has 2 aromatic carbocycles. The van der Waals surface area contributed by atoms with Gasteiger partial charge in [-0.1, -0.05) is 86.5 Å². The van der Waals surface area contributed by atoms with Gasteiger partial charge in [-0.05, 0) is 43.9 Å². The average molecular weight is 463 g/mol. The topological polar surface area (TPSA) is 32.8 Å². The molecule has 0 aromatic heterocycles. The summed E-state index contributed by atoms with van der Waals surface area (Å²) in [7, 11) is 2.19. The minimum absolute atomic E-state index is 0.235. The second-order valence-corrected chi connectivity index (χ2v) is 9.88. The Hall–Kier alpha value is -2.43. The molecule has 2 saturated heterocycles. The van der Waals surface area contributed by atoms with E-state index in [1.165, 1.54) is 30.6 Å². The Bertz CT molecular complexity index is 860. The molecule has 2 aliphatic heterocycles. The lowest BCUT2D eigenvalue weighted by molar-refractivity contribution is -0.137. The van der Waals surface area contributed by atoms with Crippen LogP contribution in [0.3, 0.4) is 0 Å². The highest BCUT2D eigenvalue weighted by Gasteiger charge is 2.34. The fourth-order valence-electron chi connectivity index (χ4n) is 4.82. The van der Waals surface area contributed by atoms with Gasteiger partial charge in [0.1, 0.15) is 0 Å². The summed E-state index contributed by atoms with van der Waals surface area (Å²) in [5, 5.41) is 0. The molecule has 2 heterocycles. The molecule has 1 unspecified atom stereocenters. The average Bonchev–Trinajstić information content (AvgIpc) is 2.80. The molecule has 4 heteroatoms. The Kier molecular flexibility index (Phi) is 9.91. The van der Waals surface area contributed by atoms with E-state index in [2.05, 4.69) is 91.4 Å². The molecule has 0 N–H and O–H groups in total. The summed E-state index contributed by atoms with van der Waals surface area (Å²) >= 11 is 0. The van der Waals surface area contributed by atoms with Gasteiger partial charge in [0, 0.05) is 38.2 Å². The van der Waals surface area contributed by atoms with E-state index in [0.717, 1.165) is 30.5 Å². The van der Waals surface area contributed by atoms with Gasteiger partial charge in [-0.15, -0.1) is 0 Å². The molecule has 0 amide bonds. The molecule has 4 rings (SSSR count). The molecule has 34 heavy (non-hydrogen) atoms. The standard InChI is InChI=1S/C22H25NO2.C8H17N/c1-3-25-21(24)14-17(2)20-15-23(16-20)22(18-10-6-4-7-11-18)19-12-8-5-9-13-19;1-4-7(2)8-5-9(3)6-8/h4-14,20,22H,3,15-16H2,1-2H3;7-8H,4-6H2,1-3H3. The molecule has 4 nitrogen and oxygen atoms in total. The summed E-state index contributed by atoms with van der Waals surface area (Å²) in [6.45, 7) is 13.5. The van der Waals surface area contributed by atoms with Gasteiger partial charge in [0.2, 0.25) is 0 Å². The van der Waals surface area contributed by atoms with Gasteiger partial charge >= 0.3 is 5.97 Å². The van der Waals surface area contributed by atoms with E-state index in [4.69, 9.17) is 4.74 Å². The first-order valence-corrected chi connectivity index (χ1v) is 12.8. The van der Waals surface area contributed by atoms with Crippen LogP contribution in [0, 0.1) is 17.8 Å². The van der Waals surface area contributed by atoms with Crippen molar-refractivity contribution in [3.05, 3.63) is 83.4 Å². The predicted octanol–water partition coefficient (Wildman–Crippen LogP) is 5.81. The zero-order valence-corrected chi connectivity index (χ0v) is 21.6. The van der Waals surface area contributed by atoms with Crippen molar-refractivity contribution in [2.45, 2.75) is 40.2 Å². The maximum Gasteiger partial charge on any atom is 0.330 e. The van der Waals surface area contributed by atoms with Crippen LogP contribution in [0.15, 0.2) is 72.3 Å². The second-order valence-electron chi connectivity index (χ2n) is 9.88. The number of ether oxygens (including phenoxy) is 1. The van der Waals surface area contributed by atoms with E-state index in [0.29, 0.717) is 12.5 Å². The normalized spacial score (nSPS) is 18.5. The number of carbonyl (C=O) groups excluding carboxylic acids is 1. The Labute approximate surface area is 206 Å². The van der Waals surface area contributed by atoms with Crippen LogP contribution in [0.1, 0.15) is 51.3 Å². The van der Waals surface area contributed by atoms with Crippen molar-refractivity contribution in [1.29, 1.82) is 0 Å². The molecule has 2 aliphatic rings. The third-order valence-corrected chi connectivity index (χ3v) is 7.32. The molecule has 2 aromatic rings. The smallest absolute Gasteiger partial charge is 0.330 e. The van der Waals surface area contributed by atoms with Gasteiger partial charge in [0.15, 0.2) is 0 Å². The monoisotopic (exact) mass is 462 g/mol. The SMILES string of the molecule is CCC(C)C1CN(C)C1.CCOC(=O)C=C(C)C1CN(C(c2ccccc2)c2ccccc2)C1. The van der Waals surface area contributed by atoms with Gasteiger partial charge in [-0.2, -0.15) is 0 Å². The lowest BCUT2D eigenvalue weighted by Crippen LogP contribution is -2.49. The van der Waals surface area contributed by atoms with E-state index in [1.807, 2.05) is 13.8 Å². The molecule has 184 valence electrons. The van der Waals surface area contributed by atoms with Crippen molar-refractivity contribution in [3.63, 3.8) is 0 Å². The quantitative estimate of drug-likeness (QED) is 0.366. The lowest BCUT2D eigenvalue weighted by atomic mass is 9.86. The molecule has 0 spiro atoms. The van der Waals surface area contributed by atoms with Crippen molar-refractivity contribution < 1.29 is 9.53 Å². The number of esters is 1. The minimum atomic E-state index is -0.235. The van der Waals surface area contributed by atoms with E-state index < -0.39 is 0 Å². The Morgan fingerprint density at radius 2 is 1.50 bits per heavy atom. The maximum absolute atomic E-state index is 11.6. The van der Waals surface area contributed by atoms with E-state index in [-0.39, 0.29) is 12.0 Å². The van der Waals surface area contributed by atoms with E-state index in [1.54, 1.807) is 6.08 Å². The van der Waals surface area contributed by atoms with Crippen LogP contribution < -0.4 is 0 Å². The fourth-order valence-corrected chi connectivity index (χ4v) is 4.82. The van der Waals surface area contributed by atoms with Crippen LogP contribution in [0.4, 0.5) is 0 Å². The van der Waals surface area contributed by atoms with Crippen LogP contribution in [0.25, 0.3) is 0 Å². The fraction of sp³-hybridized carbons (Fsp3) is 0.500. The molecular formula is C30H42N2O2. The zero-order valence-electron chi connectivity index (χ0n) is 21.6. The highest BCUT2D eigenvalue weighted by molar-refractivity contribution is 5.82. The van der Waals surface area contributed by atoms with Crippen molar-refractivity contribution in [2.75, 3.05) is 39.8 Å². The molecule has 0 aliphatic carbocycles. The molecule has 2 fully saturated rings. The van der Waals surface area contributed by atoms with Gasteiger partial charge in [-0.25, -0.2) is 4.79 Å². The van der Waals surface area contributed by atoms with Gasteiger partial charge in [0.25, 0.3) is 0 Å². The number of likely N-dealkylation sites (tertiary alicyclic amines) is 2. The number of hydrogen-bond donors (Lipinski definition) is 0. The molecule has 0 radical (unpaired) electrons. The summed E-state index contributed by atoms with van der Waals surface area (Å²) in [6, 6.07) is 21.5. The predicted molar refractivity (Wildman–Crippen MR) is 141 cm³/mol.